The zero-order valence-electron chi connectivity index (χ0n) is 19.7. The molecule has 3 rings (SSSR count). The molecule has 0 aliphatic rings. The van der Waals surface area contributed by atoms with Crippen LogP contribution in [-0.4, -0.2) is 48.1 Å². The van der Waals surface area contributed by atoms with Gasteiger partial charge in [-0.15, -0.1) is 0 Å². The second-order valence-corrected chi connectivity index (χ2v) is 8.45. The van der Waals surface area contributed by atoms with Gasteiger partial charge in [0.2, 0.25) is 5.88 Å². The number of ether oxygens (including phenoxy) is 2. The van der Waals surface area contributed by atoms with Gasteiger partial charge in [0.1, 0.15) is 30.3 Å². The number of likely N-dealkylation sites (N-methyl/N-ethyl adjacent to an activating group) is 1. The first-order chi connectivity index (χ1) is 16.2. The van der Waals surface area contributed by atoms with Crippen LogP contribution in [0.15, 0.2) is 42.7 Å². The van der Waals surface area contributed by atoms with Crippen molar-refractivity contribution in [3.63, 3.8) is 0 Å². The minimum absolute atomic E-state index is 0.330. The molecule has 0 atom stereocenters. The first-order valence-corrected chi connectivity index (χ1v) is 11.1. The molecule has 0 spiro atoms. The highest BCUT2D eigenvalue weighted by Crippen LogP contribution is 2.31. The number of hydrogen-bond acceptors (Lipinski definition) is 7. The summed E-state index contributed by atoms with van der Waals surface area (Å²) in [6.07, 6.45) is 1.35. The molecule has 1 aromatic heterocycles. The number of anilines is 2. The zero-order valence-corrected chi connectivity index (χ0v) is 20.4. The van der Waals surface area contributed by atoms with E-state index in [0.29, 0.717) is 47.1 Å². The van der Waals surface area contributed by atoms with Gasteiger partial charge in [0, 0.05) is 30.2 Å². The maximum atomic E-state index is 12.6. The molecule has 9 nitrogen and oxygen atoms in total. The van der Waals surface area contributed by atoms with Crippen LogP contribution in [0.2, 0.25) is 5.02 Å². The number of carbonyl (C=O) groups excluding carboxylic acids is 1. The molecule has 10 heteroatoms. The Kier molecular flexibility index (Phi) is 8.50. The smallest absolute Gasteiger partial charge is 0.319 e. The fraction of sp³-hybridized carbons (Fsp3) is 0.292. The Morgan fingerprint density at radius 3 is 2.59 bits per heavy atom. The van der Waals surface area contributed by atoms with Crippen molar-refractivity contribution in [2.75, 3.05) is 38.3 Å². The largest absolute Gasteiger partial charge is 0.490 e. The van der Waals surface area contributed by atoms with Crippen LogP contribution < -0.4 is 25.8 Å². The first kappa shape index (κ1) is 25.1. The average molecular weight is 485 g/mol. The molecule has 3 aromatic rings. The Morgan fingerprint density at radius 1 is 1.09 bits per heavy atom. The lowest BCUT2D eigenvalue weighted by atomic mass is 10.1. The molecule has 180 valence electrons. The monoisotopic (exact) mass is 484 g/mol. The number of urea groups is 1. The summed E-state index contributed by atoms with van der Waals surface area (Å²) >= 11 is 6.25. The second-order valence-electron chi connectivity index (χ2n) is 8.04. The number of aryl methyl sites for hydroxylation is 2. The first-order valence-electron chi connectivity index (χ1n) is 10.7. The number of nitrogen functional groups attached to an aromatic ring is 1. The van der Waals surface area contributed by atoms with Crippen LogP contribution in [0.5, 0.6) is 17.4 Å². The zero-order chi connectivity index (χ0) is 24.7. The van der Waals surface area contributed by atoms with Gasteiger partial charge in [-0.2, -0.15) is 0 Å². The third-order valence-corrected chi connectivity index (χ3v) is 5.28. The standard InChI is InChI=1S/C24H29ClN6O3/c1-15-10-19(21(11-18(15)25)33-8-7-31(3)4)30-24(32)27-13-17-5-6-20(16(2)9-17)34-23-12-22(26)28-14-29-23/h5-6,9-12,14H,7-8,13H2,1-4H3,(H2,26,28,29)(H2,27,30,32). The summed E-state index contributed by atoms with van der Waals surface area (Å²) in [5, 5.41) is 6.29. The van der Waals surface area contributed by atoms with E-state index < -0.39 is 0 Å². The SMILES string of the molecule is Cc1cc(NC(=O)NCc2ccc(Oc3cc(N)ncn3)c(C)c2)c(OCCN(C)C)cc1Cl. The number of carbonyl (C=O) groups is 1. The van der Waals surface area contributed by atoms with E-state index in [0.717, 1.165) is 23.2 Å². The van der Waals surface area contributed by atoms with Gasteiger partial charge in [-0.3, -0.25) is 0 Å². The number of amides is 2. The molecule has 0 radical (unpaired) electrons. The van der Waals surface area contributed by atoms with Crippen molar-refractivity contribution in [2.45, 2.75) is 20.4 Å². The molecule has 2 amide bonds. The highest BCUT2D eigenvalue weighted by Gasteiger charge is 2.12. The molecule has 0 bridgehead atoms. The van der Waals surface area contributed by atoms with Crippen molar-refractivity contribution in [1.29, 1.82) is 0 Å². The van der Waals surface area contributed by atoms with Crippen LogP contribution in [0.25, 0.3) is 0 Å². The molecule has 0 saturated heterocycles. The molecule has 0 aliphatic heterocycles. The molecule has 0 saturated carbocycles. The normalized spacial score (nSPS) is 10.8. The highest BCUT2D eigenvalue weighted by atomic mass is 35.5. The summed E-state index contributed by atoms with van der Waals surface area (Å²) in [6.45, 7) is 5.32. The Labute approximate surface area is 204 Å². The molecule has 34 heavy (non-hydrogen) atoms. The van der Waals surface area contributed by atoms with Crippen molar-refractivity contribution in [3.8, 4) is 17.4 Å². The molecular formula is C24H29ClN6O3. The topological polar surface area (TPSA) is 115 Å². The van der Waals surface area contributed by atoms with Crippen molar-refractivity contribution < 1.29 is 14.3 Å². The van der Waals surface area contributed by atoms with Gasteiger partial charge < -0.3 is 30.7 Å². The lowest BCUT2D eigenvalue weighted by Crippen LogP contribution is -2.28. The fourth-order valence-electron chi connectivity index (χ4n) is 3.03. The minimum atomic E-state index is -0.353. The lowest BCUT2D eigenvalue weighted by molar-refractivity contribution is 0.250. The van der Waals surface area contributed by atoms with Crippen LogP contribution in [0, 0.1) is 13.8 Å². The number of nitrogens with two attached hydrogens (primary N) is 1. The van der Waals surface area contributed by atoms with Gasteiger partial charge in [0.15, 0.2) is 0 Å². The molecule has 0 unspecified atom stereocenters. The quantitative estimate of drug-likeness (QED) is 0.412. The summed E-state index contributed by atoms with van der Waals surface area (Å²) in [5.74, 6) is 1.86. The van der Waals surface area contributed by atoms with Gasteiger partial charge in [-0.1, -0.05) is 23.7 Å². The van der Waals surface area contributed by atoms with E-state index in [9.17, 15) is 4.79 Å². The predicted molar refractivity (Wildman–Crippen MR) is 134 cm³/mol. The van der Waals surface area contributed by atoms with Crippen molar-refractivity contribution in [3.05, 3.63) is 64.4 Å². The summed E-state index contributed by atoms with van der Waals surface area (Å²) < 4.78 is 11.6. The molecule has 0 aliphatic carbocycles. The van der Waals surface area contributed by atoms with Crippen LogP contribution in [0.3, 0.4) is 0 Å². The number of aromatic nitrogens is 2. The number of benzene rings is 2. The van der Waals surface area contributed by atoms with Crippen molar-refractivity contribution in [2.24, 2.45) is 0 Å². The highest BCUT2D eigenvalue weighted by molar-refractivity contribution is 6.31. The van der Waals surface area contributed by atoms with E-state index in [1.807, 2.05) is 51.0 Å². The van der Waals surface area contributed by atoms with E-state index in [2.05, 4.69) is 20.6 Å². The Hall–Kier alpha value is -3.56. The van der Waals surface area contributed by atoms with Gasteiger partial charge in [0.25, 0.3) is 0 Å². The lowest BCUT2D eigenvalue weighted by Gasteiger charge is -2.16. The molecule has 1 heterocycles. The average Bonchev–Trinajstić information content (AvgIpc) is 2.77. The summed E-state index contributed by atoms with van der Waals surface area (Å²) in [4.78, 5) is 22.5. The molecule has 0 fully saturated rings. The van der Waals surface area contributed by atoms with E-state index in [4.69, 9.17) is 26.8 Å². The number of rotatable bonds is 9. The van der Waals surface area contributed by atoms with Crippen molar-refractivity contribution >= 4 is 29.1 Å². The summed E-state index contributed by atoms with van der Waals surface area (Å²) in [6, 6.07) is 10.3. The maximum absolute atomic E-state index is 12.6. The van der Waals surface area contributed by atoms with Gasteiger partial charge in [-0.25, -0.2) is 14.8 Å². The number of halogens is 1. The summed E-state index contributed by atoms with van der Waals surface area (Å²) in [7, 11) is 3.93. The van der Waals surface area contributed by atoms with Crippen LogP contribution in [0.1, 0.15) is 16.7 Å². The number of nitrogens with one attached hydrogen (secondary N) is 2. The van der Waals surface area contributed by atoms with Crippen LogP contribution >= 0.6 is 11.6 Å². The number of hydrogen-bond donors (Lipinski definition) is 3. The van der Waals surface area contributed by atoms with Crippen molar-refractivity contribution in [1.82, 2.24) is 20.2 Å². The summed E-state index contributed by atoms with van der Waals surface area (Å²) in [5.41, 5.74) is 8.87. The number of nitrogens with zero attached hydrogens (tertiary/aromatic N) is 3. The van der Waals surface area contributed by atoms with Crippen LogP contribution in [0.4, 0.5) is 16.3 Å². The molecular weight excluding hydrogens is 456 g/mol. The molecule has 4 N–H and O–H groups in total. The Balaban J connectivity index is 1.60. The second kappa shape index (κ2) is 11.5. The molecule has 2 aromatic carbocycles. The van der Waals surface area contributed by atoms with Crippen LogP contribution in [-0.2, 0) is 6.54 Å². The van der Waals surface area contributed by atoms with E-state index >= 15 is 0 Å². The fourth-order valence-corrected chi connectivity index (χ4v) is 3.18. The predicted octanol–water partition coefficient (Wildman–Crippen LogP) is 4.38. The maximum Gasteiger partial charge on any atom is 0.319 e. The van der Waals surface area contributed by atoms with E-state index in [1.54, 1.807) is 18.2 Å². The van der Waals surface area contributed by atoms with Gasteiger partial charge in [-0.05, 0) is 56.8 Å². The van der Waals surface area contributed by atoms with Gasteiger partial charge in [0.05, 0.1) is 5.69 Å². The Morgan fingerprint density at radius 2 is 1.88 bits per heavy atom. The van der Waals surface area contributed by atoms with Gasteiger partial charge >= 0.3 is 6.03 Å². The van der Waals surface area contributed by atoms with E-state index in [1.165, 1.54) is 6.33 Å². The van der Waals surface area contributed by atoms with E-state index in [-0.39, 0.29) is 6.03 Å². The minimum Gasteiger partial charge on any atom is -0.490 e. The third kappa shape index (κ3) is 7.23. The third-order valence-electron chi connectivity index (χ3n) is 4.88. The Bertz CT molecular complexity index is 1160.